The van der Waals surface area contributed by atoms with Gasteiger partial charge in [-0.05, 0) is 31.9 Å². The van der Waals surface area contributed by atoms with E-state index in [0.29, 0.717) is 6.04 Å². The Hall–Kier alpha value is -1.46. The maximum Gasteiger partial charge on any atom is 0.127 e. The summed E-state index contributed by atoms with van der Waals surface area (Å²) in [6.07, 6.45) is 2.42. The van der Waals surface area contributed by atoms with E-state index in [1.807, 2.05) is 6.07 Å². The molecule has 1 N–H and O–H groups in total. The number of aromatic nitrogens is 2. The highest BCUT2D eigenvalue weighted by Crippen LogP contribution is 2.40. The van der Waals surface area contributed by atoms with E-state index >= 15 is 0 Å². The lowest BCUT2D eigenvalue weighted by Crippen LogP contribution is -2.45. The van der Waals surface area contributed by atoms with E-state index in [1.54, 1.807) is 12.1 Å². The third-order valence-corrected chi connectivity index (χ3v) is 4.66. The first-order valence-electron chi connectivity index (χ1n) is 7.86. The molecular weight excluding hydrogens is 267 g/mol. The molecule has 2 heterocycles. The highest BCUT2D eigenvalue weighted by Gasteiger charge is 2.31. The van der Waals surface area contributed by atoms with Gasteiger partial charge in [0.15, 0.2) is 0 Å². The van der Waals surface area contributed by atoms with Crippen LogP contribution in [-0.4, -0.2) is 40.6 Å². The summed E-state index contributed by atoms with van der Waals surface area (Å²) in [7, 11) is 0. The molecule has 1 unspecified atom stereocenters. The van der Waals surface area contributed by atoms with Crippen molar-refractivity contribution in [3.05, 3.63) is 29.8 Å². The molecule has 0 amide bonds. The fourth-order valence-electron chi connectivity index (χ4n) is 3.33. The van der Waals surface area contributed by atoms with Crippen molar-refractivity contribution >= 4 is 11.0 Å². The van der Waals surface area contributed by atoms with Gasteiger partial charge in [0.1, 0.15) is 11.6 Å². The average Bonchev–Trinajstić information content (AvgIpc) is 3.28. The third kappa shape index (κ3) is 2.34. The maximum absolute atomic E-state index is 13.5. The molecule has 4 rings (SSSR count). The van der Waals surface area contributed by atoms with E-state index in [2.05, 4.69) is 21.7 Å². The quantitative estimate of drug-likeness (QED) is 0.942. The fourth-order valence-corrected chi connectivity index (χ4v) is 3.33. The summed E-state index contributed by atoms with van der Waals surface area (Å²) in [5.74, 6) is 0.893. The van der Waals surface area contributed by atoms with Crippen LogP contribution in [0.4, 0.5) is 4.39 Å². The number of nitrogens with one attached hydrogen (secondary N) is 1. The van der Waals surface area contributed by atoms with Gasteiger partial charge in [0.05, 0.1) is 17.1 Å². The van der Waals surface area contributed by atoms with Crippen LogP contribution in [0.1, 0.15) is 37.7 Å². The van der Waals surface area contributed by atoms with Crippen molar-refractivity contribution in [2.45, 2.75) is 31.8 Å². The van der Waals surface area contributed by atoms with Crippen molar-refractivity contribution in [3.8, 4) is 0 Å². The number of halogens is 1. The second-order valence-corrected chi connectivity index (χ2v) is 6.17. The minimum Gasteiger partial charge on any atom is -0.324 e. The van der Waals surface area contributed by atoms with Crippen LogP contribution in [0.15, 0.2) is 18.2 Å². The minimum atomic E-state index is -0.204. The van der Waals surface area contributed by atoms with Gasteiger partial charge in [0.2, 0.25) is 0 Å². The summed E-state index contributed by atoms with van der Waals surface area (Å²) < 4.78 is 15.8. The number of hydrogen-bond donors (Lipinski definition) is 1. The highest BCUT2D eigenvalue weighted by molar-refractivity contribution is 5.76. The van der Waals surface area contributed by atoms with Crippen LogP contribution >= 0.6 is 0 Å². The normalized spacial score (nSPS) is 21.8. The van der Waals surface area contributed by atoms with E-state index < -0.39 is 0 Å². The smallest absolute Gasteiger partial charge is 0.127 e. The van der Waals surface area contributed by atoms with Crippen molar-refractivity contribution in [3.63, 3.8) is 0 Å². The lowest BCUT2D eigenvalue weighted by Gasteiger charge is -2.32. The molecule has 0 bridgehead atoms. The van der Waals surface area contributed by atoms with Crippen LogP contribution in [0.2, 0.25) is 0 Å². The molecule has 5 heteroatoms. The largest absolute Gasteiger partial charge is 0.324 e. The summed E-state index contributed by atoms with van der Waals surface area (Å²) in [6.45, 7) is 6.37. The predicted octanol–water partition coefficient (Wildman–Crippen LogP) is 2.48. The van der Waals surface area contributed by atoms with Crippen LogP contribution in [0.25, 0.3) is 11.0 Å². The molecule has 4 nitrogen and oxygen atoms in total. The van der Waals surface area contributed by atoms with Crippen molar-refractivity contribution in [1.29, 1.82) is 0 Å². The summed E-state index contributed by atoms with van der Waals surface area (Å²) in [6, 6.07) is 5.82. The van der Waals surface area contributed by atoms with Gasteiger partial charge in [-0.1, -0.05) is 0 Å². The van der Waals surface area contributed by atoms with Crippen LogP contribution in [-0.2, 0) is 0 Å². The van der Waals surface area contributed by atoms with Crippen LogP contribution in [0, 0.1) is 5.82 Å². The van der Waals surface area contributed by atoms with E-state index in [1.165, 1.54) is 12.8 Å². The molecule has 1 saturated carbocycles. The molecule has 0 spiro atoms. The first kappa shape index (κ1) is 13.2. The number of fused-ring (bicyclic) bond motifs is 1. The monoisotopic (exact) mass is 288 g/mol. The Labute approximate surface area is 123 Å². The van der Waals surface area contributed by atoms with Gasteiger partial charge in [-0.25, -0.2) is 9.37 Å². The van der Waals surface area contributed by atoms with Gasteiger partial charge in [-0.2, -0.15) is 0 Å². The lowest BCUT2D eigenvalue weighted by molar-refractivity contribution is 0.176. The topological polar surface area (TPSA) is 33.1 Å². The standard InChI is InChI=1S/C16H21FN4/c1-11(20-8-6-18-7-9-20)16-19-14-10-12(17)2-5-15(14)21(16)13-3-4-13/h2,5,10-11,13,18H,3-4,6-9H2,1H3. The number of rotatable bonds is 3. The van der Waals surface area contributed by atoms with Crippen LogP contribution in [0.3, 0.4) is 0 Å². The molecule has 112 valence electrons. The Kier molecular flexibility index (Phi) is 3.19. The van der Waals surface area contributed by atoms with Crippen LogP contribution < -0.4 is 5.32 Å². The number of piperazine rings is 1. The van der Waals surface area contributed by atoms with E-state index in [0.717, 1.165) is 43.0 Å². The number of benzene rings is 1. The van der Waals surface area contributed by atoms with Crippen molar-refractivity contribution in [1.82, 2.24) is 19.8 Å². The third-order valence-electron chi connectivity index (χ3n) is 4.66. The van der Waals surface area contributed by atoms with Gasteiger partial charge in [-0.15, -0.1) is 0 Å². The molecular formula is C16H21FN4. The average molecular weight is 288 g/mol. The van der Waals surface area contributed by atoms with E-state index in [4.69, 9.17) is 4.98 Å². The highest BCUT2D eigenvalue weighted by atomic mass is 19.1. The summed E-state index contributed by atoms with van der Waals surface area (Å²) >= 11 is 0. The Balaban J connectivity index is 1.77. The lowest BCUT2D eigenvalue weighted by atomic mass is 10.2. The molecule has 1 aromatic carbocycles. The van der Waals surface area contributed by atoms with Gasteiger partial charge in [0, 0.05) is 38.3 Å². The molecule has 1 aliphatic carbocycles. The zero-order chi connectivity index (χ0) is 14.4. The Bertz CT molecular complexity index is 656. The molecule has 2 aliphatic rings. The molecule has 1 aliphatic heterocycles. The minimum absolute atomic E-state index is 0.204. The zero-order valence-corrected chi connectivity index (χ0v) is 12.3. The molecule has 1 aromatic heterocycles. The van der Waals surface area contributed by atoms with E-state index in [9.17, 15) is 4.39 Å². The van der Waals surface area contributed by atoms with Crippen molar-refractivity contribution < 1.29 is 4.39 Å². The van der Waals surface area contributed by atoms with Gasteiger partial charge < -0.3 is 9.88 Å². The molecule has 1 atom stereocenters. The summed E-state index contributed by atoms with van der Waals surface area (Å²) in [5.41, 5.74) is 1.87. The summed E-state index contributed by atoms with van der Waals surface area (Å²) in [4.78, 5) is 7.24. The number of nitrogens with zero attached hydrogens (tertiary/aromatic N) is 3. The fraction of sp³-hybridized carbons (Fsp3) is 0.562. The van der Waals surface area contributed by atoms with Gasteiger partial charge in [-0.3, -0.25) is 4.90 Å². The zero-order valence-electron chi connectivity index (χ0n) is 12.3. The summed E-state index contributed by atoms with van der Waals surface area (Å²) in [5, 5.41) is 3.39. The van der Waals surface area contributed by atoms with Crippen molar-refractivity contribution in [2.75, 3.05) is 26.2 Å². The second kappa shape index (κ2) is 5.07. The predicted molar refractivity (Wildman–Crippen MR) is 80.8 cm³/mol. The molecule has 21 heavy (non-hydrogen) atoms. The Morgan fingerprint density at radius 3 is 2.76 bits per heavy atom. The van der Waals surface area contributed by atoms with Crippen LogP contribution in [0.5, 0.6) is 0 Å². The van der Waals surface area contributed by atoms with E-state index in [-0.39, 0.29) is 11.9 Å². The molecule has 2 aromatic rings. The van der Waals surface area contributed by atoms with Gasteiger partial charge >= 0.3 is 0 Å². The molecule has 0 radical (unpaired) electrons. The van der Waals surface area contributed by atoms with Crippen molar-refractivity contribution in [2.24, 2.45) is 0 Å². The van der Waals surface area contributed by atoms with Gasteiger partial charge in [0.25, 0.3) is 0 Å². The SMILES string of the molecule is CC(c1nc2cc(F)ccc2n1C1CC1)N1CCNCC1. The molecule has 1 saturated heterocycles. The second-order valence-electron chi connectivity index (χ2n) is 6.17. The Morgan fingerprint density at radius 2 is 2.05 bits per heavy atom. The maximum atomic E-state index is 13.5. The number of hydrogen-bond acceptors (Lipinski definition) is 3. The molecule has 2 fully saturated rings. The number of imidazole rings is 1. The first-order chi connectivity index (χ1) is 10.2. The first-order valence-corrected chi connectivity index (χ1v) is 7.86. The Morgan fingerprint density at radius 1 is 1.29 bits per heavy atom.